The molecule has 1 heterocycles. The van der Waals surface area contributed by atoms with Crippen molar-refractivity contribution in [3.8, 4) is 0 Å². The van der Waals surface area contributed by atoms with Crippen molar-refractivity contribution in [2.75, 3.05) is 5.32 Å². The van der Waals surface area contributed by atoms with E-state index < -0.39 is 0 Å². The van der Waals surface area contributed by atoms with Crippen LogP contribution in [0.15, 0.2) is 47.2 Å². The Hall–Kier alpha value is -2.10. The van der Waals surface area contributed by atoms with Crippen LogP contribution in [0.1, 0.15) is 0 Å². The molecule has 0 bridgehead atoms. The largest absolute Gasteiger partial charge is 0.321 e. The molecule has 0 saturated heterocycles. The van der Waals surface area contributed by atoms with Gasteiger partial charge in [-0.2, -0.15) is 0 Å². The number of carbonyl (C=O) groups is 1. The summed E-state index contributed by atoms with van der Waals surface area (Å²) < 4.78 is 0. The van der Waals surface area contributed by atoms with E-state index in [1.807, 2.05) is 18.2 Å². The first-order chi connectivity index (χ1) is 6.86. The lowest BCUT2D eigenvalue weighted by Gasteiger charge is -2.02. The summed E-state index contributed by atoms with van der Waals surface area (Å²) in [5, 5.41) is 6.27. The van der Waals surface area contributed by atoms with Crippen molar-refractivity contribution in [3.05, 3.63) is 42.2 Å². The predicted octanol–water partition coefficient (Wildman–Crippen LogP) is 0.990. The van der Waals surface area contributed by atoms with E-state index >= 15 is 0 Å². The summed E-state index contributed by atoms with van der Waals surface area (Å²) >= 11 is 0. The van der Waals surface area contributed by atoms with E-state index in [2.05, 4.69) is 22.0 Å². The van der Waals surface area contributed by atoms with E-state index in [9.17, 15) is 4.79 Å². The van der Waals surface area contributed by atoms with Crippen molar-refractivity contribution in [2.45, 2.75) is 0 Å². The molecular formula is C10H7N3O. The number of nitrogens with zero attached hydrogens (tertiary/aromatic N) is 2. The van der Waals surface area contributed by atoms with Gasteiger partial charge in [-0.15, -0.1) is 0 Å². The number of carbonyl (C=O) groups excluding carboxylic acids is 1. The molecule has 0 fully saturated rings. The van der Waals surface area contributed by atoms with Gasteiger partial charge in [0.05, 0.1) is 6.20 Å². The zero-order valence-electron chi connectivity index (χ0n) is 7.27. The van der Waals surface area contributed by atoms with Gasteiger partial charge in [0.2, 0.25) is 0 Å². The molecule has 0 unspecified atom stereocenters. The highest BCUT2D eigenvalue weighted by atomic mass is 16.2. The number of rotatable bonds is 2. The molecule has 1 aromatic rings. The summed E-state index contributed by atoms with van der Waals surface area (Å²) in [6, 6.07) is 9.18. The van der Waals surface area contributed by atoms with Gasteiger partial charge in [0, 0.05) is 5.69 Å². The summed E-state index contributed by atoms with van der Waals surface area (Å²) in [7, 11) is 0. The number of nitrogens with one attached hydrogen (secondary N) is 1. The first-order valence-electron chi connectivity index (χ1n) is 4.08. The Bertz CT molecular complexity index is 395. The van der Waals surface area contributed by atoms with E-state index in [0.717, 1.165) is 5.69 Å². The second-order valence-corrected chi connectivity index (χ2v) is 2.68. The molecule has 0 aliphatic carbocycles. The average molecular weight is 185 g/mol. The van der Waals surface area contributed by atoms with E-state index in [-0.39, 0.29) is 11.6 Å². The molecular weight excluding hydrogens is 178 g/mol. The summed E-state index contributed by atoms with van der Waals surface area (Å²) in [6.45, 7) is 0. The normalized spacial score (nSPS) is 13.3. The first-order valence-corrected chi connectivity index (χ1v) is 4.08. The lowest BCUT2D eigenvalue weighted by molar-refractivity contribution is -0.112. The molecule has 14 heavy (non-hydrogen) atoms. The van der Waals surface area contributed by atoms with Gasteiger partial charge in [0.1, 0.15) is 5.70 Å². The molecule has 1 aliphatic rings. The Labute approximate surface area is 81.4 Å². The molecule has 1 N–H and O–H groups in total. The van der Waals surface area contributed by atoms with Gasteiger partial charge < -0.3 is 5.32 Å². The summed E-state index contributed by atoms with van der Waals surface area (Å²) in [4.78, 5) is 15.1. The maximum absolute atomic E-state index is 11.4. The number of hydrogen-bond acceptors (Lipinski definition) is 2. The number of anilines is 1. The minimum Gasteiger partial charge on any atom is -0.321 e. The van der Waals surface area contributed by atoms with Crippen LogP contribution >= 0.6 is 0 Å². The van der Waals surface area contributed by atoms with Crippen molar-refractivity contribution < 1.29 is 4.79 Å². The molecule has 1 aliphatic heterocycles. The number of aliphatic imine (C=N–C) groups is 1. The summed E-state index contributed by atoms with van der Waals surface area (Å²) in [5.74, 6) is -0.273. The van der Waals surface area contributed by atoms with E-state index in [0.29, 0.717) is 0 Å². The molecule has 0 saturated carbocycles. The summed E-state index contributed by atoms with van der Waals surface area (Å²) in [5.41, 5.74) is 1.01. The molecule has 2 radical (unpaired) electrons. The molecule has 0 spiro atoms. The SMILES string of the molecule is O=C(Nc1ccccc1)C1=C[N][C]=N1. The Kier molecular flexibility index (Phi) is 2.27. The number of para-hydroxylation sites is 1. The van der Waals surface area contributed by atoms with Gasteiger partial charge in [-0.3, -0.25) is 4.79 Å². The highest BCUT2D eigenvalue weighted by Gasteiger charge is 2.11. The maximum Gasteiger partial charge on any atom is 0.275 e. The van der Waals surface area contributed by atoms with Crippen LogP contribution in [0, 0.1) is 0 Å². The average Bonchev–Trinajstić information content (AvgIpc) is 2.72. The highest BCUT2D eigenvalue weighted by Crippen LogP contribution is 2.08. The molecule has 0 aromatic heterocycles. The third-order valence-electron chi connectivity index (χ3n) is 1.68. The third kappa shape index (κ3) is 1.80. The topological polar surface area (TPSA) is 55.6 Å². The quantitative estimate of drug-likeness (QED) is 0.733. The van der Waals surface area contributed by atoms with Gasteiger partial charge in [0.15, 0.2) is 6.34 Å². The van der Waals surface area contributed by atoms with E-state index in [1.165, 1.54) is 6.20 Å². The third-order valence-corrected chi connectivity index (χ3v) is 1.68. The standard InChI is InChI=1S/C10H7N3O/c14-10(9-6-11-7-12-9)13-8-4-2-1-3-5-8/h1-6H,(H,13,14). The Morgan fingerprint density at radius 2 is 2.07 bits per heavy atom. The van der Waals surface area contributed by atoms with Crippen LogP contribution in [0.25, 0.3) is 0 Å². The van der Waals surface area contributed by atoms with Crippen LogP contribution in [-0.2, 0) is 4.79 Å². The lowest BCUT2D eigenvalue weighted by Crippen LogP contribution is -2.12. The fraction of sp³-hybridized carbons (Fsp3) is 0. The molecule has 68 valence electrons. The number of amides is 1. The molecule has 4 heteroatoms. The molecule has 1 aromatic carbocycles. The fourth-order valence-electron chi connectivity index (χ4n) is 1.03. The van der Waals surface area contributed by atoms with Crippen LogP contribution in [0.5, 0.6) is 0 Å². The van der Waals surface area contributed by atoms with Gasteiger partial charge in [-0.25, -0.2) is 10.3 Å². The van der Waals surface area contributed by atoms with Crippen molar-refractivity contribution in [3.63, 3.8) is 0 Å². The Balaban J connectivity index is 2.05. The predicted molar refractivity (Wildman–Crippen MR) is 52.7 cm³/mol. The second kappa shape index (κ2) is 3.74. The highest BCUT2D eigenvalue weighted by molar-refractivity contribution is 6.05. The van der Waals surface area contributed by atoms with Crippen molar-refractivity contribution in [1.82, 2.24) is 5.32 Å². The monoisotopic (exact) mass is 185 g/mol. The minimum atomic E-state index is -0.273. The van der Waals surface area contributed by atoms with Crippen LogP contribution in [0.2, 0.25) is 0 Å². The lowest BCUT2D eigenvalue weighted by atomic mass is 10.3. The van der Waals surface area contributed by atoms with E-state index in [4.69, 9.17) is 0 Å². The van der Waals surface area contributed by atoms with Crippen LogP contribution < -0.4 is 10.6 Å². The fourth-order valence-corrected chi connectivity index (χ4v) is 1.03. The zero-order valence-corrected chi connectivity index (χ0v) is 7.27. The molecule has 1 amide bonds. The van der Waals surface area contributed by atoms with Crippen molar-refractivity contribution >= 4 is 17.9 Å². The van der Waals surface area contributed by atoms with Gasteiger partial charge in [-0.05, 0) is 12.1 Å². The molecule has 0 atom stereocenters. The van der Waals surface area contributed by atoms with Crippen LogP contribution in [-0.4, -0.2) is 12.2 Å². The molecule has 4 nitrogen and oxygen atoms in total. The second-order valence-electron chi connectivity index (χ2n) is 2.68. The Morgan fingerprint density at radius 1 is 1.29 bits per heavy atom. The molecule has 2 rings (SSSR count). The minimum absolute atomic E-state index is 0.272. The van der Waals surface area contributed by atoms with Gasteiger partial charge in [0.25, 0.3) is 5.91 Å². The zero-order chi connectivity index (χ0) is 9.80. The van der Waals surface area contributed by atoms with Gasteiger partial charge >= 0.3 is 0 Å². The number of hydrogen-bond donors (Lipinski definition) is 1. The number of benzene rings is 1. The van der Waals surface area contributed by atoms with Crippen LogP contribution in [0.3, 0.4) is 0 Å². The van der Waals surface area contributed by atoms with Crippen LogP contribution in [0.4, 0.5) is 5.69 Å². The maximum atomic E-state index is 11.4. The smallest absolute Gasteiger partial charge is 0.275 e. The van der Waals surface area contributed by atoms with Crippen molar-refractivity contribution in [2.24, 2.45) is 4.99 Å². The first kappa shape index (κ1) is 8.50. The van der Waals surface area contributed by atoms with Crippen molar-refractivity contribution in [1.29, 1.82) is 0 Å². The Morgan fingerprint density at radius 3 is 2.71 bits per heavy atom. The van der Waals surface area contributed by atoms with Gasteiger partial charge in [-0.1, -0.05) is 18.2 Å². The summed E-state index contributed by atoms with van der Waals surface area (Å²) in [6.07, 6.45) is 3.71. The van der Waals surface area contributed by atoms with E-state index in [1.54, 1.807) is 12.1 Å².